The van der Waals surface area contributed by atoms with Crippen LogP contribution >= 0.6 is 0 Å². The lowest BCUT2D eigenvalue weighted by Gasteiger charge is -2.27. The number of nitrogen functional groups attached to an aromatic ring is 1. The predicted molar refractivity (Wildman–Crippen MR) is 74.1 cm³/mol. The van der Waals surface area contributed by atoms with E-state index in [2.05, 4.69) is 49.2 Å². The first-order valence-electron chi connectivity index (χ1n) is 5.82. The molecule has 0 aromatic heterocycles. The summed E-state index contributed by atoms with van der Waals surface area (Å²) in [5.41, 5.74) is 9.05. The molecule has 0 saturated heterocycles. The van der Waals surface area contributed by atoms with Crippen molar-refractivity contribution in [2.24, 2.45) is 0 Å². The molecule has 2 heteroatoms. The van der Waals surface area contributed by atoms with Crippen molar-refractivity contribution >= 4 is 11.4 Å². The summed E-state index contributed by atoms with van der Waals surface area (Å²) in [7, 11) is 2.09. The number of hydrogen-bond acceptors (Lipinski definition) is 2. The zero-order valence-electron chi connectivity index (χ0n) is 10.3. The third-order valence-corrected chi connectivity index (χ3v) is 3.14. The molecule has 0 radical (unpaired) electrons. The number of nitrogens with two attached hydrogens (primary N) is 1. The molecule has 0 bridgehead atoms. The van der Waals surface area contributed by atoms with Crippen LogP contribution in [-0.4, -0.2) is 7.05 Å². The Balaban J connectivity index is 2.23. The summed E-state index contributed by atoms with van der Waals surface area (Å²) in [6.45, 7) is 2.19. The number of rotatable bonds is 3. The smallest absolute Gasteiger partial charge is 0.0511 e. The third-order valence-electron chi connectivity index (χ3n) is 3.14. The molecule has 2 aromatic carbocycles. The van der Waals surface area contributed by atoms with Gasteiger partial charge in [-0.15, -0.1) is 0 Å². The van der Waals surface area contributed by atoms with Gasteiger partial charge >= 0.3 is 0 Å². The Bertz CT molecular complexity index is 479. The fraction of sp³-hybridized carbons (Fsp3) is 0.200. The summed E-state index contributed by atoms with van der Waals surface area (Å²) in [4.78, 5) is 2.23. The molecule has 2 rings (SSSR count). The number of hydrogen-bond donors (Lipinski definition) is 1. The second-order valence-corrected chi connectivity index (χ2v) is 4.29. The van der Waals surface area contributed by atoms with Crippen molar-refractivity contribution in [1.29, 1.82) is 0 Å². The zero-order chi connectivity index (χ0) is 12.3. The molecular formula is C15H18N2. The Labute approximate surface area is 103 Å². The van der Waals surface area contributed by atoms with Gasteiger partial charge in [0, 0.05) is 18.4 Å². The van der Waals surface area contributed by atoms with Crippen molar-refractivity contribution < 1.29 is 0 Å². The molecule has 2 N–H and O–H groups in total. The molecule has 0 aliphatic carbocycles. The minimum Gasteiger partial charge on any atom is -0.399 e. The van der Waals surface area contributed by atoms with Crippen LogP contribution in [0.15, 0.2) is 54.6 Å². The van der Waals surface area contributed by atoms with Gasteiger partial charge in [-0.05, 0) is 30.7 Å². The summed E-state index contributed by atoms with van der Waals surface area (Å²) >= 11 is 0. The van der Waals surface area contributed by atoms with E-state index in [1.165, 1.54) is 5.56 Å². The fourth-order valence-corrected chi connectivity index (χ4v) is 1.92. The first-order chi connectivity index (χ1) is 8.18. The van der Waals surface area contributed by atoms with Crippen LogP contribution in [0.5, 0.6) is 0 Å². The van der Waals surface area contributed by atoms with Gasteiger partial charge in [0.25, 0.3) is 0 Å². The average molecular weight is 226 g/mol. The second kappa shape index (κ2) is 4.91. The van der Waals surface area contributed by atoms with E-state index in [4.69, 9.17) is 5.73 Å². The van der Waals surface area contributed by atoms with E-state index >= 15 is 0 Å². The third kappa shape index (κ3) is 2.59. The summed E-state index contributed by atoms with van der Waals surface area (Å²) in [6, 6.07) is 18.8. The van der Waals surface area contributed by atoms with E-state index in [0.29, 0.717) is 6.04 Å². The average Bonchev–Trinajstić information content (AvgIpc) is 2.38. The molecule has 0 aliphatic heterocycles. The lowest BCUT2D eigenvalue weighted by Crippen LogP contribution is -2.21. The molecule has 2 aromatic rings. The maximum absolute atomic E-state index is 5.81. The first kappa shape index (κ1) is 11.5. The standard InChI is InChI=1S/C15H18N2/c1-12(13-7-4-3-5-8-13)17(2)15-10-6-9-14(16)11-15/h3-12H,16H2,1-2H3. The van der Waals surface area contributed by atoms with Gasteiger partial charge in [-0.3, -0.25) is 0 Å². The van der Waals surface area contributed by atoms with Gasteiger partial charge in [0.2, 0.25) is 0 Å². The SMILES string of the molecule is CC(c1ccccc1)N(C)c1cccc(N)c1. The van der Waals surface area contributed by atoms with E-state index in [0.717, 1.165) is 11.4 Å². The van der Waals surface area contributed by atoms with Crippen molar-refractivity contribution in [3.8, 4) is 0 Å². The molecule has 17 heavy (non-hydrogen) atoms. The normalized spacial score (nSPS) is 12.1. The van der Waals surface area contributed by atoms with Gasteiger partial charge in [-0.2, -0.15) is 0 Å². The monoisotopic (exact) mass is 226 g/mol. The number of anilines is 2. The summed E-state index contributed by atoms with van der Waals surface area (Å²) in [5, 5.41) is 0. The highest BCUT2D eigenvalue weighted by Gasteiger charge is 2.11. The minimum atomic E-state index is 0.331. The van der Waals surface area contributed by atoms with Gasteiger partial charge in [-0.25, -0.2) is 0 Å². The van der Waals surface area contributed by atoms with Crippen molar-refractivity contribution in [3.05, 3.63) is 60.2 Å². The van der Waals surface area contributed by atoms with Crippen LogP contribution in [0.25, 0.3) is 0 Å². The predicted octanol–water partition coefficient (Wildman–Crippen LogP) is 3.47. The quantitative estimate of drug-likeness (QED) is 0.812. The van der Waals surface area contributed by atoms with E-state index in [1.807, 2.05) is 24.3 Å². The van der Waals surface area contributed by atoms with E-state index < -0.39 is 0 Å². The van der Waals surface area contributed by atoms with Crippen molar-refractivity contribution in [2.45, 2.75) is 13.0 Å². The molecule has 0 spiro atoms. The highest BCUT2D eigenvalue weighted by Crippen LogP contribution is 2.26. The van der Waals surface area contributed by atoms with Crippen LogP contribution in [0.1, 0.15) is 18.5 Å². The van der Waals surface area contributed by atoms with Crippen LogP contribution in [0, 0.1) is 0 Å². The van der Waals surface area contributed by atoms with Crippen molar-refractivity contribution in [3.63, 3.8) is 0 Å². The first-order valence-corrected chi connectivity index (χ1v) is 5.82. The summed E-state index contributed by atoms with van der Waals surface area (Å²) < 4.78 is 0. The molecular weight excluding hydrogens is 208 g/mol. The highest BCUT2D eigenvalue weighted by atomic mass is 15.1. The minimum absolute atomic E-state index is 0.331. The van der Waals surface area contributed by atoms with Gasteiger partial charge < -0.3 is 10.6 Å². The van der Waals surface area contributed by atoms with Crippen LogP contribution in [0.3, 0.4) is 0 Å². The summed E-state index contributed by atoms with van der Waals surface area (Å²) in [5.74, 6) is 0. The largest absolute Gasteiger partial charge is 0.399 e. The van der Waals surface area contributed by atoms with Crippen LogP contribution in [0.4, 0.5) is 11.4 Å². The molecule has 0 fully saturated rings. The Morgan fingerprint density at radius 2 is 1.71 bits per heavy atom. The number of nitrogens with zero attached hydrogens (tertiary/aromatic N) is 1. The molecule has 1 atom stereocenters. The highest BCUT2D eigenvalue weighted by molar-refractivity contribution is 5.56. The van der Waals surface area contributed by atoms with Crippen LogP contribution in [0.2, 0.25) is 0 Å². The van der Waals surface area contributed by atoms with Crippen molar-refractivity contribution in [2.75, 3.05) is 17.7 Å². The van der Waals surface area contributed by atoms with Gasteiger partial charge in [0.15, 0.2) is 0 Å². The lowest BCUT2D eigenvalue weighted by molar-refractivity contribution is 0.740. The molecule has 2 nitrogen and oxygen atoms in total. The molecule has 0 amide bonds. The van der Waals surface area contributed by atoms with Crippen molar-refractivity contribution in [1.82, 2.24) is 0 Å². The topological polar surface area (TPSA) is 29.3 Å². The lowest BCUT2D eigenvalue weighted by atomic mass is 10.1. The molecule has 0 aliphatic rings. The zero-order valence-corrected chi connectivity index (χ0v) is 10.3. The molecule has 0 heterocycles. The van der Waals surface area contributed by atoms with Gasteiger partial charge in [0.05, 0.1) is 6.04 Å². The molecule has 1 unspecified atom stereocenters. The summed E-state index contributed by atoms with van der Waals surface area (Å²) in [6.07, 6.45) is 0. The number of benzene rings is 2. The second-order valence-electron chi connectivity index (χ2n) is 4.29. The van der Waals surface area contributed by atoms with Gasteiger partial charge in [-0.1, -0.05) is 36.4 Å². The van der Waals surface area contributed by atoms with E-state index in [-0.39, 0.29) is 0 Å². The Hall–Kier alpha value is -1.96. The molecule has 88 valence electrons. The van der Waals surface area contributed by atoms with Crippen LogP contribution in [-0.2, 0) is 0 Å². The van der Waals surface area contributed by atoms with Crippen LogP contribution < -0.4 is 10.6 Å². The van der Waals surface area contributed by atoms with E-state index in [1.54, 1.807) is 0 Å². The van der Waals surface area contributed by atoms with E-state index in [9.17, 15) is 0 Å². The van der Waals surface area contributed by atoms with Gasteiger partial charge in [0.1, 0.15) is 0 Å². The fourth-order valence-electron chi connectivity index (χ4n) is 1.92. The maximum Gasteiger partial charge on any atom is 0.0511 e. The Morgan fingerprint density at radius 3 is 2.35 bits per heavy atom. The Kier molecular flexibility index (Phi) is 3.33. The Morgan fingerprint density at radius 1 is 1.00 bits per heavy atom. The maximum atomic E-state index is 5.81. The molecule has 0 saturated carbocycles.